The molecule has 0 amide bonds. The van der Waals surface area contributed by atoms with Gasteiger partial charge in [-0.3, -0.25) is 0 Å². The van der Waals surface area contributed by atoms with Crippen LogP contribution in [0, 0.1) is 0 Å². The van der Waals surface area contributed by atoms with E-state index in [0.29, 0.717) is 41.1 Å². The number of fused-ring (bicyclic) bond motifs is 2. The van der Waals surface area contributed by atoms with Gasteiger partial charge in [0.05, 0.1) is 25.8 Å². The fourth-order valence-corrected chi connectivity index (χ4v) is 3.24. The number of benzene rings is 2. The minimum atomic E-state index is -0.155. The van der Waals surface area contributed by atoms with Crippen molar-refractivity contribution in [3.05, 3.63) is 59.9 Å². The first-order chi connectivity index (χ1) is 13.2. The lowest BCUT2D eigenvalue weighted by Gasteiger charge is -2.22. The first kappa shape index (κ1) is 17.0. The second-order valence-electron chi connectivity index (χ2n) is 6.17. The third-order valence-corrected chi connectivity index (χ3v) is 4.53. The molecule has 2 heterocycles. The smallest absolute Gasteiger partial charge is 0.248 e. The van der Waals surface area contributed by atoms with Gasteiger partial charge in [0.2, 0.25) is 5.88 Å². The summed E-state index contributed by atoms with van der Waals surface area (Å²) in [5, 5.41) is 3.45. The summed E-state index contributed by atoms with van der Waals surface area (Å²) < 4.78 is 17.1. The van der Waals surface area contributed by atoms with Crippen molar-refractivity contribution in [3.63, 3.8) is 0 Å². The van der Waals surface area contributed by atoms with Gasteiger partial charge in [0.25, 0.3) is 0 Å². The molecule has 0 spiro atoms. The highest BCUT2D eigenvalue weighted by molar-refractivity contribution is 5.72. The molecule has 138 valence electrons. The quantitative estimate of drug-likeness (QED) is 0.731. The maximum absolute atomic E-state index is 6.08. The van der Waals surface area contributed by atoms with E-state index in [9.17, 15) is 0 Å². The van der Waals surface area contributed by atoms with Crippen LogP contribution in [-0.2, 0) is 6.42 Å². The number of aromatic nitrogens is 2. The number of methoxy groups -OCH3 is 2. The summed E-state index contributed by atoms with van der Waals surface area (Å²) in [6, 6.07) is 13.7. The summed E-state index contributed by atoms with van der Waals surface area (Å²) in [4.78, 5) is 8.32. The van der Waals surface area contributed by atoms with Gasteiger partial charge in [-0.05, 0) is 12.0 Å². The first-order valence-corrected chi connectivity index (χ1v) is 8.54. The molecule has 0 radical (unpaired) electrons. The number of nitrogens with zero attached hydrogens (tertiary/aromatic N) is 2. The second kappa shape index (κ2) is 7.03. The Kier molecular flexibility index (Phi) is 4.42. The molecule has 3 N–H and O–H groups in total. The maximum atomic E-state index is 6.08. The van der Waals surface area contributed by atoms with Crippen molar-refractivity contribution in [2.24, 2.45) is 0 Å². The molecule has 7 heteroatoms. The van der Waals surface area contributed by atoms with E-state index in [2.05, 4.69) is 27.4 Å². The zero-order valence-corrected chi connectivity index (χ0v) is 15.1. The van der Waals surface area contributed by atoms with Crippen LogP contribution in [0.15, 0.2) is 48.8 Å². The topological polar surface area (TPSA) is 91.5 Å². The van der Waals surface area contributed by atoms with Gasteiger partial charge in [-0.15, -0.1) is 0 Å². The summed E-state index contributed by atoms with van der Waals surface area (Å²) >= 11 is 0. The summed E-state index contributed by atoms with van der Waals surface area (Å²) in [5.74, 6) is 2.61. The highest BCUT2D eigenvalue weighted by Crippen LogP contribution is 2.47. The molecule has 1 unspecified atom stereocenters. The highest BCUT2D eigenvalue weighted by atomic mass is 16.5. The minimum Gasteiger partial charge on any atom is -0.496 e. The maximum Gasteiger partial charge on any atom is 0.248 e. The number of hydrogen-bond acceptors (Lipinski definition) is 7. The predicted molar refractivity (Wildman–Crippen MR) is 103 cm³/mol. The van der Waals surface area contributed by atoms with E-state index in [1.54, 1.807) is 14.2 Å². The molecule has 0 saturated carbocycles. The average Bonchev–Trinajstić information content (AvgIpc) is 2.85. The molecule has 0 bridgehead atoms. The number of nitrogen functional groups attached to an aromatic ring is 1. The SMILES string of the molecule is COc1cc(OC)c2c(c1)Oc1ncnc(N)c1NC2Cc1ccccc1. The van der Waals surface area contributed by atoms with Crippen LogP contribution in [0.4, 0.5) is 11.5 Å². The molecule has 2 aromatic carbocycles. The molecule has 0 saturated heterocycles. The van der Waals surface area contributed by atoms with E-state index in [1.165, 1.54) is 6.33 Å². The van der Waals surface area contributed by atoms with E-state index < -0.39 is 0 Å². The Morgan fingerprint density at radius 3 is 2.67 bits per heavy atom. The zero-order chi connectivity index (χ0) is 18.8. The lowest BCUT2D eigenvalue weighted by molar-refractivity contribution is 0.379. The van der Waals surface area contributed by atoms with Gasteiger partial charge in [-0.25, -0.2) is 4.98 Å². The number of nitrogens with one attached hydrogen (secondary N) is 1. The van der Waals surface area contributed by atoms with Crippen LogP contribution < -0.4 is 25.3 Å². The third kappa shape index (κ3) is 3.19. The molecule has 4 rings (SSSR count). The fourth-order valence-electron chi connectivity index (χ4n) is 3.24. The van der Waals surface area contributed by atoms with Crippen molar-refractivity contribution in [2.75, 3.05) is 25.3 Å². The molecule has 1 aliphatic rings. The summed E-state index contributed by atoms with van der Waals surface area (Å²) in [6.45, 7) is 0. The van der Waals surface area contributed by atoms with Crippen LogP contribution in [0.3, 0.4) is 0 Å². The molecular weight excluding hydrogens is 344 g/mol. The molecule has 7 nitrogen and oxygen atoms in total. The predicted octanol–water partition coefficient (Wildman–Crippen LogP) is 3.58. The Balaban J connectivity index is 1.88. The van der Waals surface area contributed by atoms with Gasteiger partial charge in [0.15, 0.2) is 5.82 Å². The molecular formula is C20H20N4O3. The Hall–Kier alpha value is -3.48. The number of rotatable bonds is 4. The number of anilines is 2. The van der Waals surface area contributed by atoms with Gasteiger partial charge in [0.1, 0.15) is 29.3 Å². The molecule has 1 aromatic heterocycles. The van der Waals surface area contributed by atoms with Gasteiger partial charge < -0.3 is 25.3 Å². The monoisotopic (exact) mass is 364 g/mol. The van der Waals surface area contributed by atoms with Gasteiger partial charge >= 0.3 is 0 Å². The van der Waals surface area contributed by atoms with Gasteiger partial charge in [-0.1, -0.05) is 30.3 Å². The first-order valence-electron chi connectivity index (χ1n) is 8.54. The Morgan fingerprint density at radius 2 is 1.93 bits per heavy atom. The van der Waals surface area contributed by atoms with Crippen LogP contribution >= 0.6 is 0 Å². The zero-order valence-electron chi connectivity index (χ0n) is 15.1. The van der Waals surface area contributed by atoms with Crippen molar-refractivity contribution in [3.8, 4) is 23.1 Å². The molecule has 1 aliphatic heterocycles. The Bertz CT molecular complexity index is 963. The van der Waals surface area contributed by atoms with Crippen LogP contribution in [0.1, 0.15) is 17.2 Å². The fraction of sp³-hybridized carbons (Fsp3) is 0.200. The lowest BCUT2D eigenvalue weighted by Crippen LogP contribution is -2.15. The normalized spacial score (nSPS) is 14.8. The molecule has 0 aliphatic carbocycles. The van der Waals surface area contributed by atoms with Crippen molar-refractivity contribution in [2.45, 2.75) is 12.5 Å². The number of nitrogens with two attached hydrogens (primary N) is 1. The summed E-state index contributed by atoms with van der Waals surface area (Å²) in [6.07, 6.45) is 2.08. The van der Waals surface area contributed by atoms with E-state index in [0.717, 1.165) is 11.1 Å². The van der Waals surface area contributed by atoms with Crippen LogP contribution in [0.25, 0.3) is 0 Å². The third-order valence-electron chi connectivity index (χ3n) is 4.53. The average molecular weight is 364 g/mol. The van der Waals surface area contributed by atoms with E-state index in [4.69, 9.17) is 19.9 Å². The number of ether oxygens (including phenoxy) is 3. The van der Waals surface area contributed by atoms with Crippen LogP contribution in [0.2, 0.25) is 0 Å². The molecule has 0 fully saturated rings. The van der Waals surface area contributed by atoms with Crippen LogP contribution in [-0.4, -0.2) is 24.2 Å². The van der Waals surface area contributed by atoms with E-state index >= 15 is 0 Å². The van der Waals surface area contributed by atoms with Crippen molar-refractivity contribution in [1.29, 1.82) is 0 Å². The second-order valence-corrected chi connectivity index (χ2v) is 6.17. The molecule has 27 heavy (non-hydrogen) atoms. The van der Waals surface area contributed by atoms with E-state index in [1.807, 2.05) is 30.3 Å². The number of hydrogen-bond donors (Lipinski definition) is 2. The lowest BCUT2D eigenvalue weighted by atomic mass is 9.97. The molecule has 1 atom stereocenters. The van der Waals surface area contributed by atoms with Crippen molar-refractivity contribution >= 4 is 11.5 Å². The van der Waals surface area contributed by atoms with Gasteiger partial charge in [-0.2, -0.15) is 4.98 Å². The molecule has 3 aromatic rings. The van der Waals surface area contributed by atoms with E-state index in [-0.39, 0.29) is 6.04 Å². The minimum absolute atomic E-state index is 0.155. The largest absolute Gasteiger partial charge is 0.496 e. The van der Waals surface area contributed by atoms with Crippen molar-refractivity contribution in [1.82, 2.24) is 9.97 Å². The highest BCUT2D eigenvalue weighted by Gasteiger charge is 2.29. The summed E-state index contributed by atoms with van der Waals surface area (Å²) in [7, 11) is 3.23. The van der Waals surface area contributed by atoms with Crippen LogP contribution in [0.5, 0.6) is 23.1 Å². The Labute approximate surface area is 157 Å². The summed E-state index contributed by atoms with van der Waals surface area (Å²) in [5.41, 5.74) is 8.68. The van der Waals surface area contributed by atoms with Gasteiger partial charge in [0, 0.05) is 12.1 Å². The Morgan fingerprint density at radius 1 is 1.11 bits per heavy atom. The van der Waals surface area contributed by atoms with Crippen molar-refractivity contribution < 1.29 is 14.2 Å². The standard InChI is InChI=1S/C20H20N4O3/c1-25-13-9-15(26-2)17-14(8-12-6-4-3-5-7-12)24-18-19(21)22-11-23-20(18)27-16(17)10-13/h3-7,9-11,14,24H,8H2,1-2H3,(H2,21,22,23).